The first-order valence-electron chi connectivity index (χ1n) is 5.87. The Morgan fingerprint density at radius 1 is 1.33 bits per heavy atom. The average Bonchev–Trinajstić information content (AvgIpc) is 2.88. The molecule has 18 heavy (non-hydrogen) atoms. The van der Waals surface area contributed by atoms with Crippen LogP contribution in [0, 0.1) is 0 Å². The van der Waals surface area contributed by atoms with Gasteiger partial charge in [-0.05, 0) is 5.56 Å². The molecule has 0 aromatic heterocycles. The Balaban J connectivity index is 1.84. The molecule has 1 aliphatic rings. The molecule has 1 saturated heterocycles. The Hall–Kier alpha value is -1.43. The molecule has 1 N–H and O–H groups in total. The van der Waals surface area contributed by atoms with E-state index < -0.39 is 18.4 Å². The van der Waals surface area contributed by atoms with Crippen molar-refractivity contribution in [3.8, 4) is 0 Å². The van der Waals surface area contributed by atoms with Crippen LogP contribution in [0.5, 0.6) is 0 Å². The highest BCUT2D eigenvalue weighted by Gasteiger charge is 2.26. The monoisotopic (exact) mass is 252 g/mol. The van der Waals surface area contributed by atoms with Gasteiger partial charge in [0.1, 0.15) is 0 Å². The van der Waals surface area contributed by atoms with Crippen LogP contribution in [0.4, 0.5) is 0 Å². The van der Waals surface area contributed by atoms with Crippen LogP contribution in [-0.2, 0) is 25.6 Å². The summed E-state index contributed by atoms with van der Waals surface area (Å²) >= 11 is 0. The fourth-order valence-electron chi connectivity index (χ4n) is 1.73. The zero-order valence-electron chi connectivity index (χ0n) is 9.95. The van der Waals surface area contributed by atoms with Crippen molar-refractivity contribution in [1.82, 2.24) is 0 Å². The molecule has 98 valence electrons. The van der Waals surface area contributed by atoms with E-state index in [1.165, 1.54) is 0 Å². The average molecular weight is 252 g/mol. The first-order valence-corrected chi connectivity index (χ1v) is 5.87. The summed E-state index contributed by atoms with van der Waals surface area (Å²) in [6.07, 6.45) is -1.17. The molecule has 0 radical (unpaired) electrons. The summed E-state index contributed by atoms with van der Waals surface area (Å²) in [6, 6.07) is 9.46. The lowest BCUT2D eigenvalue weighted by molar-refractivity contribution is -0.158. The standard InChI is InChI=1S/C13H16O5/c14-13(15)11(8-12-16-6-7-17-12)18-9-10-4-2-1-3-5-10/h1-5,11-12H,6-9H2,(H,14,15). The van der Waals surface area contributed by atoms with Crippen LogP contribution in [0.1, 0.15) is 12.0 Å². The second-order valence-corrected chi connectivity index (χ2v) is 4.03. The van der Waals surface area contributed by atoms with Crippen molar-refractivity contribution < 1.29 is 24.1 Å². The first-order chi connectivity index (χ1) is 8.75. The van der Waals surface area contributed by atoms with Crippen LogP contribution in [0.3, 0.4) is 0 Å². The van der Waals surface area contributed by atoms with Gasteiger partial charge in [-0.2, -0.15) is 0 Å². The number of carboxylic acid groups (broad SMARTS) is 1. The fourth-order valence-corrected chi connectivity index (χ4v) is 1.73. The second-order valence-electron chi connectivity index (χ2n) is 4.03. The lowest BCUT2D eigenvalue weighted by atomic mass is 10.2. The maximum Gasteiger partial charge on any atom is 0.333 e. The molecule has 1 fully saturated rings. The van der Waals surface area contributed by atoms with E-state index in [0.717, 1.165) is 5.56 Å². The van der Waals surface area contributed by atoms with Crippen LogP contribution in [-0.4, -0.2) is 36.7 Å². The van der Waals surface area contributed by atoms with Crippen LogP contribution >= 0.6 is 0 Å². The van der Waals surface area contributed by atoms with Crippen molar-refractivity contribution in [2.75, 3.05) is 13.2 Å². The topological polar surface area (TPSA) is 65.0 Å². The van der Waals surface area contributed by atoms with Gasteiger partial charge in [0.05, 0.1) is 19.8 Å². The quantitative estimate of drug-likeness (QED) is 0.829. The predicted octanol–water partition coefficient (Wildman–Crippen LogP) is 1.42. The molecule has 5 nitrogen and oxygen atoms in total. The summed E-state index contributed by atoms with van der Waals surface area (Å²) in [5, 5.41) is 9.08. The van der Waals surface area contributed by atoms with Gasteiger partial charge < -0.3 is 19.3 Å². The zero-order chi connectivity index (χ0) is 12.8. The number of hydrogen-bond acceptors (Lipinski definition) is 4. The SMILES string of the molecule is O=C(O)C(CC1OCCO1)OCc1ccccc1. The second kappa shape index (κ2) is 6.49. The summed E-state index contributed by atoms with van der Waals surface area (Å²) in [6.45, 7) is 1.29. The number of hydrogen-bond donors (Lipinski definition) is 1. The van der Waals surface area contributed by atoms with Crippen molar-refractivity contribution in [2.24, 2.45) is 0 Å². The third-order valence-electron chi connectivity index (χ3n) is 2.67. The van der Waals surface area contributed by atoms with Gasteiger partial charge in [-0.3, -0.25) is 0 Å². The normalized spacial score (nSPS) is 17.8. The molecule has 0 spiro atoms. The number of ether oxygens (including phenoxy) is 3. The zero-order valence-corrected chi connectivity index (χ0v) is 9.95. The molecule has 1 atom stereocenters. The summed E-state index contributed by atoms with van der Waals surface area (Å²) < 4.78 is 15.8. The van der Waals surface area contributed by atoms with Gasteiger partial charge in [0.2, 0.25) is 0 Å². The highest BCUT2D eigenvalue weighted by atomic mass is 16.7. The van der Waals surface area contributed by atoms with E-state index >= 15 is 0 Å². The molecule has 1 unspecified atom stereocenters. The van der Waals surface area contributed by atoms with Gasteiger partial charge in [-0.1, -0.05) is 30.3 Å². The summed E-state index contributed by atoms with van der Waals surface area (Å²) in [7, 11) is 0. The first kappa shape index (κ1) is 13.0. The van der Waals surface area contributed by atoms with E-state index in [0.29, 0.717) is 13.2 Å². The van der Waals surface area contributed by atoms with Gasteiger partial charge >= 0.3 is 5.97 Å². The van der Waals surface area contributed by atoms with E-state index in [1.54, 1.807) is 0 Å². The predicted molar refractivity (Wildman–Crippen MR) is 63.0 cm³/mol. The minimum Gasteiger partial charge on any atom is -0.479 e. The lowest BCUT2D eigenvalue weighted by Gasteiger charge is -2.16. The maximum absolute atomic E-state index is 11.1. The van der Waals surface area contributed by atoms with Gasteiger partial charge in [0.25, 0.3) is 0 Å². The van der Waals surface area contributed by atoms with Crippen molar-refractivity contribution in [3.05, 3.63) is 35.9 Å². The molecule has 1 aliphatic heterocycles. The molecule has 0 bridgehead atoms. The molecule has 1 heterocycles. The number of aliphatic carboxylic acids is 1. The summed E-state index contributed by atoms with van der Waals surface area (Å²) in [5.74, 6) is -0.995. The Morgan fingerprint density at radius 2 is 2.00 bits per heavy atom. The van der Waals surface area contributed by atoms with Crippen LogP contribution in [0.25, 0.3) is 0 Å². The largest absolute Gasteiger partial charge is 0.479 e. The molecule has 0 aliphatic carbocycles. The maximum atomic E-state index is 11.1. The number of carbonyl (C=O) groups is 1. The highest BCUT2D eigenvalue weighted by molar-refractivity contribution is 5.72. The van der Waals surface area contributed by atoms with Crippen molar-refractivity contribution in [1.29, 1.82) is 0 Å². The lowest BCUT2D eigenvalue weighted by Crippen LogP contribution is -2.29. The molecular formula is C13H16O5. The van der Waals surface area contributed by atoms with Gasteiger partial charge in [0, 0.05) is 6.42 Å². The van der Waals surface area contributed by atoms with E-state index in [2.05, 4.69) is 0 Å². The summed E-state index contributed by atoms with van der Waals surface area (Å²) in [5.41, 5.74) is 0.942. The third kappa shape index (κ3) is 3.80. The Bertz CT molecular complexity index is 372. The smallest absolute Gasteiger partial charge is 0.333 e. The number of benzene rings is 1. The van der Waals surface area contributed by atoms with Crippen LogP contribution in [0.2, 0.25) is 0 Å². The van der Waals surface area contributed by atoms with E-state index in [-0.39, 0.29) is 13.0 Å². The Morgan fingerprint density at radius 3 is 2.61 bits per heavy atom. The highest BCUT2D eigenvalue weighted by Crippen LogP contribution is 2.14. The molecule has 0 amide bonds. The minimum absolute atomic E-state index is 0.210. The molecule has 1 aromatic carbocycles. The van der Waals surface area contributed by atoms with Gasteiger partial charge in [-0.25, -0.2) is 4.79 Å². The molecule has 2 rings (SSSR count). The Kier molecular flexibility index (Phi) is 4.69. The number of rotatable bonds is 6. The molecule has 5 heteroatoms. The van der Waals surface area contributed by atoms with Crippen LogP contribution < -0.4 is 0 Å². The third-order valence-corrected chi connectivity index (χ3v) is 2.67. The van der Waals surface area contributed by atoms with Gasteiger partial charge in [-0.15, -0.1) is 0 Å². The van der Waals surface area contributed by atoms with E-state index in [9.17, 15) is 4.79 Å². The molecule has 1 aromatic rings. The number of carboxylic acids is 1. The van der Waals surface area contributed by atoms with Crippen molar-refractivity contribution in [2.45, 2.75) is 25.4 Å². The van der Waals surface area contributed by atoms with Crippen LogP contribution in [0.15, 0.2) is 30.3 Å². The van der Waals surface area contributed by atoms with E-state index in [4.69, 9.17) is 19.3 Å². The van der Waals surface area contributed by atoms with Gasteiger partial charge in [0.15, 0.2) is 12.4 Å². The Labute approximate surface area is 105 Å². The summed E-state index contributed by atoms with van der Waals surface area (Å²) in [4.78, 5) is 11.1. The fraction of sp³-hybridized carbons (Fsp3) is 0.462. The van der Waals surface area contributed by atoms with Crippen molar-refractivity contribution in [3.63, 3.8) is 0 Å². The minimum atomic E-state index is -0.995. The molecule has 0 saturated carbocycles. The van der Waals surface area contributed by atoms with Crippen molar-refractivity contribution >= 4 is 5.97 Å². The van der Waals surface area contributed by atoms with E-state index in [1.807, 2.05) is 30.3 Å². The molecular weight excluding hydrogens is 236 g/mol.